The van der Waals surface area contributed by atoms with Gasteiger partial charge in [0.05, 0.1) is 21.7 Å². The topological polar surface area (TPSA) is 68.5 Å². The maximum Gasteiger partial charge on any atom is 0.248 e. The molecule has 0 aliphatic heterocycles. The van der Waals surface area contributed by atoms with Gasteiger partial charge in [-0.05, 0) is 30.2 Å². The predicted octanol–water partition coefficient (Wildman–Crippen LogP) is 3.85. The van der Waals surface area contributed by atoms with Crippen LogP contribution < -0.4 is 4.80 Å². The number of carbonyl (C=O) groups is 1. The summed E-state index contributed by atoms with van der Waals surface area (Å²) in [6.45, 7) is 4.14. The Morgan fingerprint density at radius 2 is 1.97 bits per heavy atom. The largest absolute Gasteiger partial charge is 0.313 e. The van der Waals surface area contributed by atoms with Gasteiger partial charge in [0.15, 0.2) is 14.6 Å². The van der Waals surface area contributed by atoms with E-state index in [-0.39, 0.29) is 30.2 Å². The van der Waals surface area contributed by atoms with Gasteiger partial charge in [-0.3, -0.25) is 4.79 Å². The minimum atomic E-state index is -3.30. The molecule has 152 valence electrons. The standard InChI is InChI=1S/C21H21FN2O3S2/c1-2-12-24-18-11-10-17(22)14-19(18)28-21(24)23-20(25)9-6-13-29(26,27)15-16-7-4-3-5-8-16/h2-5,7-8,10-11,14H,1,6,9,12-13,15H2. The minimum Gasteiger partial charge on any atom is -0.313 e. The number of nitrogens with zero attached hydrogens (tertiary/aromatic N) is 2. The Balaban J connectivity index is 1.69. The Labute approximate surface area is 172 Å². The average molecular weight is 433 g/mol. The molecule has 0 fully saturated rings. The molecule has 0 unspecified atom stereocenters. The van der Waals surface area contributed by atoms with Gasteiger partial charge in [-0.25, -0.2) is 12.8 Å². The van der Waals surface area contributed by atoms with Crippen LogP contribution in [-0.2, 0) is 26.9 Å². The maximum atomic E-state index is 13.5. The van der Waals surface area contributed by atoms with Crippen LogP contribution in [0.15, 0.2) is 66.2 Å². The van der Waals surface area contributed by atoms with Crippen LogP contribution in [0.1, 0.15) is 18.4 Å². The number of allylic oxidation sites excluding steroid dienone is 1. The molecule has 0 saturated carbocycles. The van der Waals surface area contributed by atoms with Crippen molar-refractivity contribution < 1.29 is 17.6 Å². The molecule has 0 N–H and O–H groups in total. The molecule has 3 rings (SSSR count). The van der Waals surface area contributed by atoms with Gasteiger partial charge in [0.2, 0.25) is 5.91 Å². The second-order valence-electron chi connectivity index (χ2n) is 6.58. The summed E-state index contributed by atoms with van der Waals surface area (Å²) in [7, 11) is -3.30. The summed E-state index contributed by atoms with van der Waals surface area (Å²) in [5.74, 6) is -0.871. The SMILES string of the molecule is C=CCn1c(=NC(=O)CCCS(=O)(=O)Cc2ccccc2)sc2cc(F)ccc21. The van der Waals surface area contributed by atoms with Crippen LogP contribution in [-0.4, -0.2) is 24.6 Å². The molecular weight excluding hydrogens is 411 g/mol. The third kappa shape index (κ3) is 5.71. The summed E-state index contributed by atoms with van der Waals surface area (Å²) in [5.41, 5.74) is 1.50. The number of aromatic nitrogens is 1. The molecule has 5 nitrogen and oxygen atoms in total. The van der Waals surface area contributed by atoms with Crippen molar-refractivity contribution in [1.82, 2.24) is 4.57 Å². The van der Waals surface area contributed by atoms with Gasteiger partial charge in [0, 0.05) is 13.0 Å². The van der Waals surface area contributed by atoms with Gasteiger partial charge in [-0.2, -0.15) is 4.99 Å². The zero-order valence-electron chi connectivity index (χ0n) is 15.8. The summed E-state index contributed by atoms with van der Waals surface area (Å²) in [6, 6.07) is 13.4. The van der Waals surface area contributed by atoms with Gasteiger partial charge in [-0.15, -0.1) is 6.58 Å². The van der Waals surface area contributed by atoms with E-state index < -0.39 is 15.7 Å². The molecule has 1 aromatic heterocycles. The Morgan fingerprint density at radius 1 is 1.21 bits per heavy atom. The number of rotatable bonds is 8. The van der Waals surface area contributed by atoms with Gasteiger partial charge in [-0.1, -0.05) is 47.7 Å². The number of hydrogen-bond acceptors (Lipinski definition) is 4. The van der Waals surface area contributed by atoms with Crippen LogP contribution in [0, 0.1) is 5.82 Å². The molecular formula is C21H21FN2O3S2. The number of sulfone groups is 1. The first kappa shape index (κ1) is 21.1. The van der Waals surface area contributed by atoms with Crippen LogP contribution in [0.2, 0.25) is 0 Å². The number of amides is 1. The number of halogens is 1. The molecule has 29 heavy (non-hydrogen) atoms. The number of benzene rings is 2. The van der Waals surface area contributed by atoms with E-state index in [9.17, 15) is 17.6 Å². The number of hydrogen-bond donors (Lipinski definition) is 0. The highest BCUT2D eigenvalue weighted by molar-refractivity contribution is 7.90. The van der Waals surface area contributed by atoms with Crippen molar-refractivity contribution in [3.05, 3.63) is 77.4 Å². The van der Waals surface area contributed by atoms with Crippen LogP contribution in [0.4, 0.5) is 4.39 Å². The van der Waals surface area contributed by atoms with Crippen LogP contribution in [0.3, 0.4) is 0 Å². The zero-order chi connectivity index (χ0) is 20.9. The van der Waals surface area contributed by atoms with E-state index in [2.05, 4.69) is 11.6 Å². The van der Waals surface area contributed by atoms with Crippen molar-refractivity contribution in [2.75, 3.05) is 5.75 Å². The van der Waals surface area contributed by atoms with E-state index >= 15 is 0 Å². The fraction of sp³-hybridized carbons (Fsp3) is 0.238. The lowest BCUT2D eigenvalue weighted by Gasteiger charge is -2.04. The van der Waals surface area contributed by atoms with Crippen molar-refractivity contribution in [3.8, 4) is 0 Å². The molecule has 2 aromatic carbocycles. The maximum absolute atomic E-state index is 13.5. The first-order valence-corrected chi connectivity index (χ1v) is 11.7. The van der Waals surface area contributed by atoms with E-state index in [1.807, 2.05) is 6.07 Å². The highest BCUT2D eigenvalue weighted by Crippen LogP contribution is 2.18. The Morgan fingerprint density at radius 3 is 2.69 bits per heavy atom. The first-order valence-electron chi connectivity index (χ1n) is 9.10. The third-order valence-corrected chi connectivity index (χ3v) is 6.98. The summed E-state index contributed by atoms with van der Waals surface area (Å²) in [6.07, 6.45) is 1.92. The monoisotopic (exact) mass is 432 g/mol. The van der Waals surface area contributed by atoms with Crippen molar-refractivity contribution in [3.63, 3.8) is 0 Å². The smallest absolute Gasteiger partial charge is 0.248 e. The Bertz CT molecular complexity index is 1200. The minimum absolute atomic E-state index is 0.0325. The van der Waals surface area contributed by atoms with E-state index in [0.717, 1.165) is 11.1 Å². The Hall–Kier alpha value is -2.58. The molecule has 1 amide bonds. The fourth-order valence-electron chi connectivity index (χ4n) is 2.94. The van der Waals surface area contributed by atoms with E-state index in [1.54, 1.807) is 41.0 Å². The molecule has 0 atom stereocenters. The highest BCUT2D eigenvalue weighted by atomic mass is 32.2. The first-order chi connectivity index (χ1) is 13.9. The summed E-state index contributed by atoms with van der Waals surface area (Å²) in [5, 5.41) is 0. The Kier molecular flexibility index (Phi) is 6.76. The zero-order valence-corrected chi connectivity index (χ0v) is 17.4. The summed E-state index contributed by atoms with van der Waals surface area (Å²) < 4.78 is 40.4. The number of fused-ring (bicyclic) bond motifs is 1. The van der Waals surface area contributed by atoms with Crippen LogP contribution in [0.5, 0.6) is 0 Å². The van der Waals surface area contributed by atoms with Gasteiger partial charge in [0.1, 0.15) is 5.82 Å². The summed E-state index contributed by atoms with van der Waals surface area (Å²) >= 11 is 1.22. The molecule has 3 aromatic rings. The molecule has 0 spiro atoms. The van der Waals surface area contributed by atoms with E-state index in [4.69, 9.17) is 0 Å². The molecule has 0 radical (unpaired) electrons. The average Bonchev–Trinajstić information content (AvgIpc) is 2.98. The van der Waals surface area contributed by atoms with Crippen molar-refractivity contribution in [2.24, 2.45) is 4.99 Å². The highest BCUT2D eigenvalue weighted by Gasteiger charge is 2.13. The molecule has 0 aliphatic rings. The quantitative estimate of drug-likeness (QED) is 0.508. The van der Waals surface area contributed by atoms with Crippen molar-refractivity contribution in [1.29, 1.82) is 0 Å². The van der Waals surface area contributed by atoms with Crippen molar-refractivity contribution in [2.45, 2.75) is 25.1 Å². The molecule has 0 aliphatic carbocycles. The second kappa shape index (κ2) is 9.28. The number of thiazole rings is 1. The van der Waals surface area contributed by atoms with Gasteiger partial charge in [0.25, 0.3) is 0 Å². The third-order valence-electron chi connectivity index (χ3n) is 4.25. The normalized spacial score (nSPS) is 12.4. The lowest BCUT2D eigenvalue weighted by atomic mass is 10.2. The van der Waals surface area contributed by atoms with E-state index in [1.165, 1.54) is 23.5 Å². The lowest BCUT2D eigenvalue weighted by Crippen LogP contribution is -2.16. The lowest BCUT2D eigenvalue weighted by molar-refractivity contribution is -0.118. The van der Waals surface area contributed by atoms with Crippen molar-refractivity contribution >= 4 is 37.3 Å². The predicted molar refractivity (Wildman–Crippen MR) is 114 cm³/mol. The molecule has 0 saturated heterocycles. The van der Waals surface area contributed by atoms with Crippen LogP contribution in [0.25, 0.3) is 10.2 Å². The molecule has 0 bridgehead atoms. The van der Waals surface area contributed by atoms with Gasteiger partial charge >= 0.3 is 0 Å². The number of carbonyl (C=O) groups excluding carboxylic acids is 1. The van der Waals surface area contributed by atoms with Crippen LogP contribution >= 0.6 is 11.3 Å². The molecule has 1 heterocycles. The van der Waals surface area contributed by atoms with Gasteiger partial charge < -0.3 is 4.57 Å². The molecule has 8 heteroatoms. The fourth-order valence-corrected chi connectivity index (χ4v) is 5.45. The second-order valence-corrected chi connectivity index (χ2v) is 9.78. The summed E-state index contributed by atoms with van der Waals surface area (Å²) in [4.78, 5) is 16.9. The van der Waals surface area contributed by atoms with E-state index in [0.29, 0.717) is 16.0 Å².